The minimum Gasteiger partial charge on any atom is -0.434 e. The Hall–Kier alpha value is -8.08. The predicted octanol–water partition coefficient (Wildman–Crippen LogP) is 8.83. The number of nitriles is 4. The highest BCUT2D eigenvalue weighted by Crippen LogP contribution is 2.46. The largest absolute Gasteiger partial charge is 0.573 e. The van der Waals surface area contributed by atoms with Crippen LogP contribution in [0.15, 0.2) is 106 Å². The van der Waals surface area contributed by atoms with Gasteiger partial charge in [-0.05, 0) is 57.6 Å². The molecule has 0 aliphatic carbocycles. The summed E-state index contributed by atoms with van der Waals surface area (Å²) in [5, 5.41) is 39.1. The first-order valence-corrected chi connectivity index (χ1v) is 15.9. The highest BCUT2D eigenvalue weighted by atomic mass is 19.4. The van der Waals surface area contributed by atoms with E-state index in [1.54, 1.807) is 72.8 Å². The first-order chi connectivity index (χ1) is 26.8. The van der Waals surface area contributed by atoms with Crippen molar-refractivity contribution in [1.29, 1.82) is 21.0 Å². The second-order valence-corrected chi connectivity index (χ2v) is 11.6. The molecule has 0 aliphatic heterocycles. The van der Waals surface area contributed by atoms with E-state index in [1.807, 2.05) is 0 Å². The standard InChI is InChI=1S/C40H16F6N6O4/c41-39(42,43)55-25-13-9-21(10-14-25)27-5-1-3-7-29(27)31-33-36(54-37(51-33)23(17-47)18-48)32(34-35(31)53-38(52-34)24(19-49)20-50)30-8-4-2-6-28(30)22-11-15-26(16-12-22)56-40(44,45)46/h1-16H. The Balaban J connectivity index is 1.59. The summed E-state index contributed by atoms with van der Waals surface area (Å²) in [6.07, 6.45) is -9.86. The normalized spacial score (nSPS) is 11.3. The molecule has 0 unspecified atom stereocenters. The molecule has 0 aliphatic rings. The van der Waals surface area contributed by atoms with Crippen molar-refractivity contribution in [3.63, 3.8) is 0 Å². The Morgan fingerprint density at radius 3 is 1.11 bits per heavy atom. The fraction of sp³-hybridized carbons (Fsp3) is 0.0500. The van der Waals surface area contributed by atoms with Crippen LogP contribution in [0, 0.1) is 45.3 Å². The third kappa shape index (κ3) is 6.90. The van der Waals surface area contributed by atoms with E-state index < -0.39 is 35.4 Å². The van der Waals surface area contributed by atoms with Gasteiger partial charge in [-0.1, -0.05) is 72.8 Å². The lowest BCUT2D eigenvalue weighted by Gasteiger charge is -2.15. The minimum absolute atomic E-state index is 0.0110. The van der Waals surface area contributed by atoms with Crippen LogP contribution in [0.1, 0.15) is 0 Å². The van der Waals surface area contributed by atoms with Gasteiger partial charge < -0.3 is 18.3 Å². The van der Waals surface area contributed by atoms with Crippen LogP contribution in [-0.2, 0) is 0 Å². The van der Waals surface area contributed by atoms with Crippen molar-refractivity contribution in [2.24, 2.45) is 0 Å². The zero-order valence-electron chi connectivity index (χ0n) is 27.8. The van der Waals surface area contributed by atoms with E-state index in [9.17, 15) is 47.4 Å². The quantitative estimate of drug-likeness (QED) is 0.150. The van der Waals surface area contributed by atoms with Crippen LogP contribution in [0.25, 0.3) is 77.9 Å². The van der Waals surface area contributed by atoms with Gasteiger partial charge in [0.05, 0.1) is 11.1 Å². The molecule has 2 aromatic heterocycles. The molecule has 5 aromatic carbocycles. The van der Waals surface area contributed by atoms with Gasteiger partial charge in [0, 0.05) is 0 Å². The van der Waals surface area contributed by atoms with Crippen LogP contribution in [0.3, 0.4) is 0 Å². The van der Waals surface area contributed by atoms with E-state index in [-0.39, 0.29) is 44.4 Å². The van der Waals surface area contributed by atoms with Crippen molar-refractivity contribution in [1.82, 2.24) is 9.97 Å². The highest BCUT2D eigenvalue weighted by molar-refractivity contribution is 6.18. The number of oxazole rings is 2. The summed E-state index contributed by atoms with van der Waals surface area (Å²) in [6.45, 7) is 0. The van der Waals surface area contributed by atoms with Gasteiger partial charge in [-0.25, -0.2) is 9.97 Å². The Labute approximate surface area is 309 Å². The molecule has 0 atom stereocenters. The molecule has 7 aromatic rings. The van der Waals surface area contributed by atoms with Crippen LogP contribution >= 0.6 is 0 Å². The second-order valence-electron chi connectivity index (χ2n) is 11.6. The van der Waals surface area contributed by atoms with Gasteiger partial charge in [-0.3, -0.25) is 0 Å². The molecular formula is C40H16F6N6O4. The predicted molar refractivity (Wildman–Crippen MR) is 185 cm³/mol. The van der Waals surface area contributed by atoms with E-state index in [0.717, 1.165) is 24.3 Å². The van der Waals surface area contributed by atoms with Crippen molar-refractivity contribution in [2.75, 3.05) is 0 Å². The molecule has 56 heavy (non-hydrogen) atoms. The first kappa shape index (κ1) is 36.3. The molecule has 7 rings (SSSR count). The number of hydrogen-bond acceptors (Lipinski definition) is 10. The van der Waals surface area contributed by atoms with Gasteiger partial charge in [0.2, 0.25) is 11.1 Å². The summed E-state index contributed by atoms with van der Waals surface area (Å²) in [6, 6.07) is 30.2. The minimum atomic E-state index is -4.93. The molecule has 0 saturated carbocycles. The van der Waals surface area contributed by atoms with E-state index in [0.29, 0.717) is 33.4 Å². The number of benzene rings is 5. The van der Waals surface area contributed by atoms with E-state index >= 15 is 0 Å². The monoisotopic (exact) mass is 758 g/mol. The van der Waals surface area contributed by atoms with E-state index in [2.05, 4.69) is 19.4 Å². The number of rotatable bonds is 6. The number of ether oxygens (including phenoxy) is 2. The average molecular weight is 759 g/mol. The van der Waals surface area contributed by atoms with Crippen LogP contribution in [0.5, 0.6) is 11.5 Å². The summed E-state index contributed by atoms with van der Waals surface area (Å²) in [7, 11) is 0. The molecule has 0 N–H and O–H groups in total. The fourth-order valence-electron chi connectivity index (χ4n) is 6.07. The Morgan fingerprint density at radius 1 is 0.482 bits per heavy atom. The molecule has 0 saturated heterocycles. The summed E-state index contributed by atoms with van der Waals surface area (Å²) in [4.78, 5) is 9.12. The van der Waals surface area contributed by atoms with Crippen molar-refractivity contribution in [3.8, 4) is 80.3 Å². The maximum Gasteiger partial charge on any atom is 0.573 e. The van der Waals surface area contributed by atoms with Crippen LogP contribution in [0.4, 0.5) is 26.3 Å². The second kappa shape index (κ2) is 14.0. The average Bonchev–Trinajstić information content (AvgIpc) is 3.79. The van der Waals surface area contributed by atoms with Gasteiger partial charge in [0.25, 0.3) is 0 Å². The Kier molecular flexibility index (Phi) is 9.10. The van der Waals surface area contributed by atoms with Crippen LogP contribution in [-0.4, -0.2) is 22.7 Å². The molecule has 2 heterocycles. The highest BCUT2D eigenvalue weighted by Gasteiger charge is 2.32. The molecule has 16 heteroatoms. The fourth-order valence-corrected chi connectivity index (χ4v) is 6.07. The number of halogens is 6. The molecule has 10 nitrogen and oxygen atoms in total. The van der Waals surface area contributed by atoms with Gasteiger partial charge in [0.15, 0.2) is 22.3 Å². The number of alkyl halides is 6. The molecule has 0 bridgehead atoms. The number of fused-ring (bicyclic) bond motifs is 2. The zero-order valence-corrected chi connectivity index (χ0v) is 27.8. The van der Waals surface area contributed by atoms with Gasteiger partial charge in [-0.2, -0.15) is 21.0 Å². The summed E-state index contributed by atoms with van der Waals surface area (Å²) >= 11 is 0. The van der Waals surface area contributed by atoms with Crippen LogP contribution < -0.4 is 20.6 Å². The maximum atomic E-state index is 12.9. The van der Waals surface area contributed by atoms with Crippen molar-refractivity contribution in [2.45, 2.75) is 12.7 Å². The van der Waals surface area contributed by atoms with Crippen LogP contribution in [0.2, 0.25) is 0 Å². The smallest absolute Gasteiger partial charge is 0.434 e. The summed E-state index contributed by atoms with van der Waals surface area (Å²) in [5.41, 5.74) is 0.816. The topological polar surface area (TPSA) is 166 Å². The van der Waals surface area contributed by atoms with E-state index in [1.165, 1.54) is 24.3 Å². The lowest BCUT2D eigenvalue weighted by Crippen LogP contribution is -2.16. The lowest BCUT2D eigenvalue weighted by molar-refractivity contribution is -0.275. The number of nitrogens with zero attached hydrogens (tertiary/aromatic N) is 6. The first-order valence-electron chi connectivity index (χ1n) is 15.9. The molecule has 0 spiro atoms. The van der Waals surface area contributed by atoms with Crippen molar-refractivity contribution < 1.29 is 44.7 Å². The number of hydrogen-bond donors (Lipinski definition) is 0. The maximum absolute atomic E-state index is 12.9. The van der Waals surface area contributed by atoms with Crippen molar-refractivity contribution >= 4 is 33.3 Å². The molecule has 0 amide bonds. The summed E-state index contributed by atoms with van der Waals surface area (Å²) in [5.74, 6) is -0.940. The molecule has 272 valence electrons. The third-order valence-corrected chi connectivity index (χ3v) is 8.25. The number of aromatic nitrogens is 2. The van der Waals surface area contributed by atoms with E-state index in [4.69, 9.17) is 8.83 Å². The SMILES string of the molecule is N#CC(C#N)=c1nc2c(-c3ccccc3-c3ccc(OC(F)(F)F)cc3)c3oc(=C(C#N)C#N)nc3c(-c3ccccc3-c3ccc(OC(F)(F)F)cc3)c2o1. The molecule has 0 radical (unpaired) electrons. The van der Waals surface area contributed by atoms with Gasteiger partial charge >= 0.3 is 12.7 Å². The Morgan fingerprint density at radius 2 is 0.804 bits per heavy atom. The third-order valence-electron chi connectivity index (χ3n) is 8.25. The molecule has 0 fully saturated rings. The lowest BCUT2D eigenvalue weighted by atomic mass is 9.89. The zero-order chi connectivity index (χ0) is 39.8. The summed E-state index contributed by atoms with van der Waals surface area (Å²) < 4.78 is 98.0. The van der Waals surface area contributed by atoms with Gasteiger partial charge in [-0.15, -0.1) is 26.3 Å². The molecular weight excluding hydrogens is 742 g/mol. The van der Waals surface area contributed by atoms with Gasteiger partial charge in [0.1, 0.15) is 46.8 Å². The van der Waals surface area contributed by atoms with Crippen molar-refractivity contribution in [3.05, 3.63) is 108 Å². The Bertz CT molecular complexity index is 2700.